The predicted octanol–water partition coefficient (Wildman–Crippen LogP) is 16.1. The van der Waals surface area contributed by atoms with Gasteiger partial charge in [0.15, 0.2) is 0 Å². The Bertz CT molecular complexity index is 1010. The number of amides is 1. The fourth-order valence-corrected chi connectivity index (χ4v) is 8.26. The van der Waals surface area contributed by atoms with E-state index < -0.39 is 18.2 Å². The summed E-state index contributed by atoms with van der Waals surface area (Å²) >= 11 is 0. The Hall–Kier alpha value is -1.92. The highest BCUT2D eigenvalue weighted by atomic mass is 16.5. The van der Waals surface area contributed by atoms with Crippen molar-refractivity contribution in [2.24, 2.45) is 0 Å². The van der Waals surface area contributed by atoms with Crippen LogP contribution < -0.4 is 5.32 Å². The summed E-state index contributed by atoms with van der Waals surface area (Å²) in [6, 6.07) is -0.700. The minimum absolute atomic E-state index is 0.0769. The van der Waals surface area contributed by atoms with Crippen LogP contribution in [-0.2, 0) is 14.3 Å². The molecule has 3 unspecified atom stereocenters. The van der Waals surface area contributed by atoms with Crippen LogP contribution in [0.15, 0.2) is 36.5 Å². The summed E-state index contributed by atoms with van der Waals surface area (Å²) in [4.78, 5) is 26.2. The van der Waals surface area contributed by atoms with Crippen molar-refractivity contribution in [3.63, 3.8) is 0 Å². The van der Waals surface area contributed by atoms with E-state index in [9.17, 15) is 19.8 Å². The van der Waals surface area contributed by atoms with Crippen LogP contribution in [0.25, 0.3) is 0 Å². The highest BCUT2D eigenvalue weighted by Gasteiger charge is 2.24. The van der Waals surface area contributed by atoms with Gasteiger partial charge < -0.3 is 20.3 Å². The second-order valence-corrected chi connectivity index (χ2v) is 18.3. The van der Waals surface area contributed by atoms with Gasteiger partial charge in [0.2, 0.25) is 5.91 Å². The fourth-order valence-electron chi connectivity index (χ4n) is 8.26. The number of esters is 1. The zero-order valence-electron chi connectivity index (χ0n) is 40.8. The van der Waals surface area contributed by atoms with Gasteiger partial charge in [-0.25, -0.2) is 0 Å². The number of allylic oxidation sites excluding steroid dienone is 6. The van der Waals surface area contributed by atoms with E-state index in [1.807, 2.05) is 0 Å². The van der Waals surface area contributed by atoms with Crippen LogP contribution >= 0.6 is 0 Å². The zero-order valence-corrected chi connectivity index (χ0v) is 40.8. The Kier molecular flexibility index (Phi) is 47.6. The molecule has 3 atom stereocenters. The van der Waals surface area contributed by atoms with Crippen molar-refractivity contribution in [2.75, 3.05) is 6.61 Å². The summed E-state index contributed by atoms with van der Waals surface area (Å²) in [5, 5.41) is 23.8. The maximum absolute atomic E-state index is 13.2. The number of nitrogens with one attached hydrogen (secondary N) is 1. The first-order valence-electron chi connectivity index (χ1n) is 26.7. The van der Waals surface area contributed by atoms with Crippen LogP contribution in [0.1, 0.15) is 278 Å². The van der Waals surface area contributed by atoms with Crippen molar-refractivity contribution in [1.82, 2.24) is 5.32 Å². The van der Waals surface area contributed by atoms with E-state index in [1.54, 1.807) is 0 Å². The molecule has 3 N–H and O–H groups in total. The van der Waals surface area contributed by atoms with Gasteiger partial charge in [-0.15, -0.1) is 0 Å². The van der Waals surface area contributed by atoms with E-state index >= 15 is 0 Å². The monoisotopic (exact) mass is 858 g/mol. The van der Waals surface area contributed by atoms with Crippen LogP contribution in [0.4, 0.5) is 0 Å². The summed E-state index contributed by atoms with van der Waals surface area (Å²) in [5.41, 5.74) is 0. The van der Waals surface area contributed by atoms with Crippen molar-refractivity contribution in [3.05, 3.63) is 36.5 Å². The second kappa shape index (κ2) is 49.1. The van der Waals surface area contributed by atoms with Gasteiger partial charge in [0, 0.05) is 6.42 Å². The quantitative estimate of drug-likeness (QED) is 0.0322. The second-order valence-electron chi connectivity index (χ2n) is 18.3. The zero-order chi connectivity index (χ0) is 44.5. The topological polar surface area (TPSA) is 95.9 Å². The van der Waals surface area contributed by atoms with Gasteiger partial charge in [-0.1, -0.05) is 256 Å². The number of carbonyl (C=O) groups excluding carboxylic acids is 2. The summed E-state index contributed by atoms with van der Waals surface area (Å²) < 4.78 is 5.94. The molecule has 0 aromatic carbocycles. The summed E-state index contributed by atoms with van der Waals surface area (Å²) in [6.07, 6.45) is 57.7. The third-order valence-corrected chi connectivity index (χ3v) is 12.3. The SMILES string of the molecule is CC/C=C/C=C/C=C/CCCCCCCCCC(=O)OC(CCCCCCCCCCCCCCCCCC)CC(=O)NC(CO)C(O)CCCCCCCCCCCCC. The van der Waals surface area contributed by atoms with Gasteiger partial charge in [-0.2, -0.15) is 0 Å². The molecular weight excluding hydrogens is 755 g/mol. The van der Waals surface area contributed by atoms with Gasteiger partial charge in [-0.3, -0.25) is 9.59 Å². The summed E-state index contributed by atoms with van der Waals surface area (Å²) in [5.74, 6) is -0.474. The number of unbranched alkanes of at least 4 members (excludes halogenated alkanes) is 32. The average Bonchev–Trinajstić information content (AvgIpc) is 3.25. The lowest BCUT2D eigenvalue weighted by Gasteiger charge is -2.24. The summed E-state index contributed by atoms with van der Waals surface area (Å²) in [6.45, 7) is 6.37. The Balaban J connectivity index is 4.56. The Morgan fingerprint density at radius 2 is 0.885 bits per heavy atom. The molecule has 0 saturated heterocycles. The number of aliphatic hydroxyl groups excluding tert-OH is 2. The lowest BCUT2D eigenvalue weighted by molar-refractivity contribution is -0.151. The number of hydrogen-bond donors (Lipinski definition) is 3. The molecule has 1 amide bonds. The maximum atomic E-state index is 13.2. The number of ether oxygens (including phenoxy) is 1. The van der Waals surface area contributed by atoms with Crippen molar-refractivity contribution < 1.29 is 24.5 Å². The lowest BCUT2D eigenvalue weighted by atomic mass is 10.0. The van der Waals surface area contributed by atoms with E-state index in [4.69, 9.17) is 4.74 Å². The molecule has 358 valence electrons. The van der Waals surface area contributed by atoms with E-state index in [1.165, 1.54) is 173 Å². The van der Waals surface area contributed by atoms with Crippen LogP contribution in [0.3, 0.4) is 0 Å². The van der Waals surface area contributed by atoms with Crippen LogP contribution in [0.2, 0.25) is 0 Å². The molecule has 0 saturated carbocycles. The van der Waals surface area contributed by atoms with Crippen molar-refractivity contribution >= 4 is 11.9 Å². The van der Waals surface area contributed by atoms with E-state index in [0.717, 1.165) is 57.8 Å². The Morgan fingerprint density at radius 1 is 0.492 bits per heavy atom. The molecule has 6 nitrogen and oxygen atoms in total. The molecule has 0 aliphatic rings. The fraction of sp³-hybridized carbons (Fsp3) is 0.855. The Morgan fingerprint density at radius 3 is 1.33 bits per heavy atom. The highest BCUT2D eigenvalue weighted by Crippen LogP contribution is 2.19. The summed E-state index contributed by atoms with van der Waals surface area (Å²) in [7, 11) is 0. The molecule has 0 spiro atoms. The number of carbonyl (C=O) groups is 2. The first-order chi connectivity index (χ1) is 30.0. The van der Waals surface area contributed by atoms with Gasteiger partial charge in [0.05, 0.1) is 25.2 Å². The third kappa shape index (κ3) is 44.5. The molecule has 0 aromatic rings. The minimum atomic E-state index is -0.786. The highest BCUT2D eigenvalue weighted by molar-refractivity contribution is 5.77. The minimum Gasteiger partial charge on any atom is -0.462 e. The van der Waals surface area contributed by atoms with Gasteiger partial charge >= 0.3 is 5.97 Å². The lowest BCUT2D eigenvalue weighted by Crippen LogP contribution is -2.46. The Labute approximate surface area is 379 Å². The molecule has 0 aliphatic carbocycles. The van der Waals surface area contributed by atoms with Crippen LogP contribution in [-0.4, -0.2) is 46.9 Å². The average molecular weight is 858 g/mol. The van der Waals surface area contributed by atoms with Crippen LogP contribution in [0, 0.1) is 0 Å². The largest absolute Gasteiger partial charge is 0.462 e. The molecule has 0 fully saturated rings. The van der Waals surface area contributed by atoms with Gasteiger partial charge in [-0.05, 0) is 44.9 Å². The van der Waals surface area contributed by atoms with Crippen LogP contribution in [0.5, 0.6) is 0 Å². The molecule has 0 aromatic heterocycles. The van der Waals surface area contributed by atoms with E-state index in [-0.39, 0.29) is 24.9 Å². The standard InChI is InChI=1S/C55H103NO5/c1-4-7-10-13-16-19-22-24-26-28-29-32-34-37-40-43-46-51(61-55(60)48-45-42-39-36-33-30-27-25-23-20-17-14-11-8-5-2)49-54(59)56-52(50-57)53(58)47-44-41-38-35-31-21-18-15-12-9-6-3/h8,11,14,17,20,23,51-53,57-58H,4-7,9-10,12-13,15-16,18-19,21-22,24-50H2,1-3H3,(H,56,59)/b11-8+,17-14+,23-20+. The molecule has 61 heavy (non-hydrogen) atoms. The number of aliphatic hydroxyl groups is 2. The molecule has 0 rings (SSSR count). The molecular formula is C55H103NO5. The van der Waals surface area contributed by atoms with Crippen molar-refractivity contribution in [1.29, 1.82) is 0 Å². The number of hydrogen-bond acceptors (Lipinski definition) is 5. The first kappa shape index (κ1) is 59.1. The van der Waals surface area contributed by atoms with Crippen molar-refractivity contribution in [2.45, 2.75) is 296 Å². The van der Waals surface area contributed by atoms with Crippen molar-refractivity contribution in [3.8, 4) is 0 Å². The maximum Gasteiger partial charge on any atom is 0.306 e. The first-order valence-corrected chi connectivity index (χ1v) is 26.7. The van der Waals surface area contributed by atoms with E-state index in [0.29, 0.717) is 19.3 Å². The normalized spacial score (nSPS) is 13.5. The molecule has 0 bridgehead atoms. The van der Waals surface area contributed by atoms with Gasteiger partial charge in [0.25, 0.3) is 0 Å². The van der Waals surface area contributed by atoms with E-state index in [2.05, 4.69) is 62.5 Å². The molecule has 0 aliphatic heterocycles. The number of rotatable bonds is 48. The molecule has 0 radical (unpaired) electrons. The smallest absolute Gasteiger partial charge is 0.306 e. The molecule has 6 heteroatoms. The van der Waals surface area contributed by atoms with Gasteiger partial charge in [0.1, 0.15) is 6.10 Å². The third-order valence-electron chi connectivity index (χ3n) is 12.3. The predicted molar refractivity (Wildman–Crippen MR) is 264 cm³/mol. The molecule has 0 heterocycles.